The van der Waals surface area contributed by atoms with Gasteiger partial charge < -0.3 is 5.32 Å². The van der Waals surface area contributed by atoms with Crippen LogP contribution >= 0.6 is 34.9 Å². The van der Waals surface area contributed by atoms with Gasteiger partial charge in [-0.25, -0.2) is 0 Å². The first-order chi connectivity index (χ1) is 6.88. The number of nitrogens with zero attached hydrogens (tertiary/aromatic N) is 2. The van der Waals surface area contributed by atoms with E-state index < -0.39 is 0 Å². The lowest BCUT2D eigenvalue weighted by Crippen LogP contribution is -2.31. The number of aromatic nitrogens is 2. The van der Waals surface area contributed by atoms with Crippen molar-refractivity contribution < 1.29 is 0 Å². The topological polar surface area (TPSA) is 37.8 Å². The Labute approximate surface area is 96.5 Å². The third-order valence-corrected chi connectivity index (χ3v) is 5.33. The molecule has 0 bridgehead atoms. The summed E-state index contributed by atoms with van der Waals surface area (Å²) < 4.78 is 2.18. The summed E-state index contributed by atoms with van der Waals surface area (Å²) in [4.78, 5) is 0. The predicted molar refractivity (Wildman–Crippen MR) is 63.4 cm³/mol. The highest BCUT2D eigenvalue weighted by Gasteiger charge is 2.16. The smallest absolute Gasteiger partial charge is 0.175 e. The number of thioether (sulfide) groups is 2. The lowest BCUT2D eigenvalue weighted by atomic mass is 10.2. The highest BCUT2D eigenvalue weighted by atomic mass is 32.2. The molecule has 0 radical (unpaired) electrons. The van der Waals surface area contributed by atoms with Gasteiger partial charge >= 0.3 is 0 Å². The van der Waals surface area contributed by atoms with Crippen LogP contribution in [0.15, 0.2) is 8.68 Å². The van der Waals surface area contributed by atoms with E-state index in [1.54, 1.807) is 23.1 Å². The van der Waals surface area contributed by atoms with Gasteiger partial charge in [-0.3, -0.25) is 0 Å². The molecule has 1 unspecified atom stereocenters. The van der Waals surface area contributed by atoms with Crippen molar-refractivity contribution in [3.8, 4) is 0 Å². The Hall–Kier alpha value is 0.220. The molecule has 6 heteroatoms. The lowest BCUT2D eigenvalue weighted by molar-refractivity contribution is 0.531. The summed E-state index contributed by atoms with van der Waals surface area (Å²) in [6.07, 6.45) is 4.62. The molecule has 0 aromatic carbocycles. The molecule has 2 rings (SSSR count). The summed E-state index contributed by atoms with van der Waals surface area (Å²) in [6.45, 7) is 2.28. The van der Waals surface area contributed by atoms with Crippen molar-refractivity contribution in [2.75, 3.05) is 19.3 Å². The number of hydrogen-bond donors (Lipinski definition) is 1. The van der Waals surface area contributed by atoms with Crippen molar-refractivity contribution in [2.45, 2.75) is 26.8 Å². The summed E-state index contributed by atoms with van der Waals surface area (Å²) in [5.41, 5.74) is 0. The van der Waals surface area contributed by atoms with Crippen molar-refractivity contribution >= 4 is 34.9 Å². The Morgan fingerprint density at radius 2 is 2.29 bits per heavy atom. The van der Waals surface area contributed by atoms with Gasteiger partial charge in [0.1, 0.15) is 0 Å². The molecule has 1 aliphatic rings. The maximum absolute atomic E-state index is 4.16. The monoisotopic (exact) mass is 247 g/mol. The van der Waals surface area contributed by atoms with Gasteiger partial charge in [-0.05, 0) is 25.6 Å². The molecule has 0 spiro atoms. The van der Waals surface area contributed by atoms with Crippen molar-refractivity contribution in [1.82, 2.24) is 15.5 Å². The highest BCUT2D eigenvalue weighted by molar-refractivity contribution is 8.03. The van der Waals surface area contributed by atoms with Crippen LogP contribution in [0.3, 0.4) is 0 Å². The standard InChI is InChI=1S/C8H13N3S3/c1-12-7-10-11-8(14-7)13-6-3-2-4-9-5-6/h6,9H,2-5H2,1H3. The Balaban J connectivity index is 1.89. The van der Waals surface area contributed by atoms with E-state index in [9.17, 15) is 0 Å². The average molecular weight is 247 g/mol. The molecule has 1 aromatic heterocycles. The van der Waals surface area contributed by atoms with Crippen LogP contribution in [0.1, 0.15) is 12.8 Å². The first kappa shape index (κ1) is 10.7. The molecule has 1 aromatic rings. The van der Waals surface area contributed by atoms with Crippen LogP contribution in [0.2, 0.25) is 0 Å². The zero-order chi connectivity index (χ0) is 9.80. The fraction of sp³-hybridized carbons (Fsp3) is 0.750. The Kier molecular flexibility index (Phi) is 4.10. The van der Waals surface area contributed by atoms with E-state index in [1.807, 2.05) is 18.0 Å². The van der Waals surface area contributed by atoms with Gasteiger partial charge in [0.2, 0.25) is 0 Å². The molecule has 1 atom stereocenters. The Morgan fingerprint density at radius 3 is 2.93 bits per heavy atom. The van der Waals surface area contributed by atoms with E-state index in [0.29, 0.717) is 5.25 Å². The summed E-state index contributed by atoms with van der Waals surface area (Å²) in [6, 6.07) is 0. The Morgan fingerprint density at radius 1 is 1.43 bits per heavy atom. The molecule has 1 saturated heterocycles. The first-order valence-corrected chi connectivity index (χ1v) is 7.55. The number of nitrogens with one attached hydrogen (secondary N) is 1. The zero-order valence-electron chi connectivity index (χ0n) is 8.02. The van der Waals surface area contributed by atoms with Gasteiger partial charge in [0, 0.05) is 11.8 Å². The van der Waals surface area contributed by atoms with E-state index in [2.05, 4.69) is 15.5 Å². The molecular weight excluding hydrogens is 234 g/mol. The van der Waals surface area contributed by atoms with E-state index in [4.69, 9.17) is 0 Å². The van der Waals surface area contributed by atoms with Crippen molar-refractivity contribution in [2.24, 2.45) is 0 Å². The van der Waals surface area contributed by atoms with Crippen LogP contribution in [-0.2, 0) is 0 Å². The molecule has 78 valence electrons. The normalized spacial score (nSPS) is 22.5. The minimum absolute atomic E-state index is 0.686. The fourth-order valence-electron chi connectivity index (χ4n) is 1.39. The van der Waals surface area contributed by atoms with Crippen LogP contribution in [0.25, 0.3) is 0 Å². The summed E-state index contributed by atoms with van der Waals surface area (Å²) >= 11 is 5.24. The molecule has 1 fully saturated rings. The van der Waals surface area contributed by atoms with Crippen LogP contribution in [0.5, 0.6) is 0 Å². The van der Waals surface area contributed by atoms with Crippen molar-refractivity contribution in [3.63, 3.8) is 0 Å². The third-order valence-electron chi connectivity index (χ3n) is 2.08. The molecule has 0 amide bonds. The van der Waals surface area contributed by atoms with E-state index >= 15 is 0 Å². The summed E-state index contributed by atoms with van der Waals surface area (Å²) in [7, 11) is 0. The quantitative estimate of drug-likeness (QED) is 0.828. The second-order valence-corrected chi connectivity index (χ2v) is 6.70. The average Bonchev–Trinajstić information content (AvgIpc) is 2.67. The molecule has 1 aliphatic heterocycles. The second-order valence-electron chi connectivity index (χ2n) is 3.12. The largest absolute Gasteiger partial charge is 0.316 e. The highest BCUT2D eigenvalue weighted by Crippen LogP contribution is 2.32. The van der Waals surface area contributed by atoms with Crippen LogP contribution in [0.4, 0.5) is 0 Å². The van der Waals surface area contributed by atoms with Crippen molar-refractivity contribution in [3.05, 3.63) is 0 Å². The second kappa shape index (κ2) is 5.34. The summed E-state index contributed by atoms with van der Waals surface area (Å²) in [5.74, 6) is 0. The minimum atomic E-state index is 0.686. The van der Waals surface area contributed by atoms with Crippen molar-refractivity contribution in [1.29, 1.82) is 0 Å². The maximum Gasteiger partial charge on any atom is 0.175 e. The van der Waals surface area contributed by atoms with Gasteiger partial charge in [0.05, 0.1) is 0 Å². The minimum Gasteiger partial charge on any atom is -0.316 e. The zero-order valence-corrected chi connectivity index (χ0v) is 10.5. The molecule has 0 aliphatic carbocycles. The SMILES string of the molecule is CSc1nnc(SC2CCCNC2)s1. The maximum atomic E-state index is 4.16. The molecule has 3 nitrogen and oxygen atoms in total. The van der Waals surface area contributed by atoms with Gasteiger partial charge in [-0.15, -0.1) is 10.2 Å². The Bertz CT molecular complexity index is 283. The van der Waals surface area contributed by atoms with Gasteiger partial charge in [0.15, 0.2) is 8.68 Å². The van der Waals surface area contributed by atoms with E-state index in [1.165, 1.54) is 19.4 Å². The summed E-state index contributed by atoms with van der Waals surface area (Å²) in [5, 5.41) is 12.3. The number of rotatable bonds is 3. The van der Waals surface area contributed by atoms with Gasteiger partial charge in [0.25, 0.3) is 0 Å². The van der Waals surface area contributed by atoms with Gasteiger partial charge in [-0.2, -0.15) is 0 Å². The first-order valence-electron chi connectivity index (χ1n) is 4.63. The molecule has 0 saturated carbocycles. The van der Waals surface area contributed by atoms with Crippen LogP contribution < -0.4 is 5.32 Å². The lowest BCUT2D eigenvalue weighted by Gasteiger charge is -2.20. The fourth-order valence-corrected chi connectivity index (χ4v) is 4.25. The van der Waals surface area contributed by atoms with Crippen LogP contribution in [-0.4, -0.2) is 34.8 Å². The molecular formula is C8H13N3S3. The third kappa shape index (κ3) is 2.85. The van der Waals surface area contributed by atoms with Gasteiger partial charge in [-0.1, -0.05) is 34.9 Å². The number of piperidine rings is 1. The van der Waals surface area contributed by atoms with E-state index in [0.717, 1.165) is 15.2 Å². The molecule has 1 N–H and O–H groups in total. The van der Waals surface area contributed by atoms with Crippen LogP contribution in [0, 0.1) is 0 Å². The predicted octanol–water partition coefficient (Wildman–Crippen LogP) is 2.10. The van der Waals surface area contributed by atoms with E-state index in [-0.39, 0.29) is 0 Å². The molecule has 14 heavy (non-hydrogen) atoms. The number of hydrogen-bond acceptors (Lipinski definition) is 6. The molecule has 2 heterocycles.